The molecule has 0 spiro atoms. The number of rotatable bonds is 7. The number of piperazine rings is 1. The van der Waals surface area contributed by atoms with Crippen LogP contribution in [0.15, 0.2) is 66.0 Å². The van der Waals surface area contributed by atoms with Crippen molar-refractivity contribution in [1.29, 1.82) is 0 Å². The van der Waals surface area contributed by atoms with Gasteiger partial charge in [0, 0.05) is 63.6 Å². The van der Waals surface area contributed by atoms with E-state index < -0.39 is 11.3 Å². The number of hydrogen-bond donors (Lipinski definition) is 1. The van der Waals surface area contributed by atoms with Gasteiger partial charge in [-0.15, -0.1) is 24.8 Å². The third kappa shape index (κ3) is 8.43. The van der Waals surface area contributed by atoms with Crippen LogP contribution in [0.2, 0.25) is 10.0 Å². The summed E-state index contributed by atoms with van der Waals surface area (Å²) in [5.41, 5.74) is 1.91. The van der Waals surface area contributed by atoms with Crippen LogP contribution in [0.1, 0.15) is 58.0 Å². The van der Waals surface area contributed by atoms with Crippen molar-refractivity contribution < 1.29 is 14.3 Å². The summed E-state index contributed by atoms with van der Waals surface area (Å²) in [6, 6.07) is 11.0. The molecular formula is C33H36Cl4N6O4. The molecule has 1 saturated heterocycles. The largest absolute Gasteiger partial charge is 0.459 e. The van der Waals surface area contributed by atoms with Gasteiger partial charge in [-0.1, -0.05) is 35.3 Å². The number of carbonyl (C=O) groups is 2. The Morgan fingerprint density at radius 3 is 2.28 bits per heavy atom. The number of aromatic nitrogens is 3. The van der Waals surface area contributed by atoms with Crippen molar-refractivity contribution in [2.45, 2.75) is 44.4 Å². The molecule has 1 aliphatic heterocycles. The molecule has 47 heavy (non-hydrogen) atoms. The van der Waals surface area contributed by atoms with E-state index in [1.54, 1.807) is 24.5 Å². The summed E-state index contributed by atoms with van der Waals surface area (Å²) < 4.78 is 7.78. The van der Waals surface area contributed by atoms with Crippen LogP contribution < -0.4 is 10.7 Å². The molecule has 1 aromatic carbocycles. The summed E-state index contributed by atoms with van der Waals surface area (Å²) >= 11 is 12.4. The molecule has 1 saturated carbocycles. The van der Waals surface area contributed by atoms with Gasteiger partial charge in [-0.3, -0.25) is 19.5 Å². The molecule has 14 heteroatoms. The predicted molar refractivity (Wildman–Crippen MR) is 189 cm³/mol. The number of hydrogen-bond acceptors (Lipinski definition) is 8. The fourth-order valence-corrected chi connectivity index (χ4v) is 6.47. The number of nitrogens with zero attached hydrogens (tertiary/aromatic N) is 5. The monoisotopic (exact) mass is 720 g/mol. The second kappa shape index (κ2) is 16.2. The molecule has 4 heterocycles. The van der Waals surface area contributed by atoms with Gasteiger partial charge in [0.2, 0.25) is 5.43 Å². The molecule has 0 unspecified atom stereocenters. The number of ether oxygens (including phenoxy) is 1. The van der Waals surface area contributed by atoms with E-state index in [-0.39, 0.29) is 64.2 Å². The van der Waals surface area contributed by atoms with Gasteiger partial charge in [0.1, 0.15) is 17.3 Å². The van der Waals surface area contributed by atoms with Crippen LogP contribution in [-0.4, -0.2) is 75.5 Å². The first-order valence-electron chi connectivity index (χ1n) is 15.1. The maximum absolute atomic E-state index is 13.4. The van der Waals surface area contributed by atoms with E-state index in [9.17, 15) is 14.4 Å². The van der Waals surface area contributed by atoms with Crippen LogP contribution in [-0.2, 0) is 11.3 Å². The molecular weight excluding hydrogens is 686 g/mol. The highest BCUT2D eigenvalue weighted by molar-refractivity contribution is 6.39. The van der Waals surface area contributed by atoms with Crippen LogP contribution in [0, 0.1) is 0 Å². The van der Waals surface area contributed by atoms with Crippen molar-refractivity contribution in [2.75, 3.05) is 38.5 Å². The Hall–Kier alpha value is -3.25. The highest BCUT2D eigenvalue weighted by Gasteiger charge is 2.28. The summed E-state index contributed by atoms with van der Waals surface area (Å²) in [6.07, 6.45) is 8.32. The van der Waals surface area contributed by atoms with E-state index in [2.05, 4.69) is 32.1 Å². The minimum atomic E-state index is -0.633. The normalized spacial score (nSPS) is 18.5. The molecule has 0 bridgehead atoms. The Labute approximate surface area is 295 Å². The average Bonchev–Trinajstić information content (AvgIpc) is 3.05. The summed E-state index contributed by atoms with van der Waals surface area (Å²) in [4.78, 5) is 52.8. The zero-order chi connectivity index (χ0) is 31.5. The van der Waals surface area contributed by atoms with Crippen LogP contribution in [0.5, 0.6) is 0 Å². The van der Waals surface area contributed by atoms with Crippen molar-refractivity contribution >= 4 is 76.6 Å². The molecule has 2 fully saturated rings. The summed E-state index contributed by atoms with van der Waals surface area (Å²) in [5.74, 6) is -0.959. The number of anilines is 1. The molecule has 1 amide bonds. The lowest BCUT2D eigenvalue weighted by molar-refractivity contribution is 0.0173. The third-order valence-electron chi connectivity index (χ3n) is 8.63. The van der Waals surface area contributed by atoms with Crippen molar-refractivity contribution in [3.63, 3.8) is 0 Å². The zero-order valence-electron chi connectivity index (χ0n) is 25.7. The van der Waals surface area contributed by atoms with Gasteiger partial charge < -0.3 is 19.5 Å². The highest BCUT2D eigenvalue weighted by Crippen LogP contribution is 2.33. The molecule has 250 valence electrons. The zero-order valence-corrected chi connectivity index (χ0v) is 28.9. The number of fused-ring (bicyclic) bond motifs is 1. The molecule has 0 radical (unpaired) electrons. The number of pyridine rings is 3. The first kappa shape index (κ1) is 36.6. The first-order chi connectivity index (χ1) is 21.8. The van der Waals surface area contributed by atoms with Crippen molar-refractivity contribution in [2.24, 2.45) is 0 Å². The number of esters is 1. The van der Waals surface area contributed by atoms with Gasteiger partial charge in [-0.2, -0.15) is 0 Å². The Morgan fingerprint density at radius 2 is 1.62 bits per heavy atom. The quantitative estimate of drug-likeness (QED) is 0.222. The van der Waals surface area contributed by atoms with Gasteiger partial charge in [0.15, 0.2) is 0 Å². The maximum Gasteiger partial charge on any atom is 0.338 e. The Morgan fingerprint density at radius 1 is 0.957 bits per heavy atom. The van der Waals surface area contributed by atoms with E-state index >= 15 is 0 Å². The first-order valence-corrected chi connectivity index (χ1v) is 15.8. The third-order valence-corrected chi connectivity index (χ3v) is 9.20. The lowest BCUT2D eigenvalue weighted by atomic mass is 9.92. The van der Waals surface area contributed by atoms with E-state index in [4.69, 9.17) is 27.9 Å². The standard InChI is InChI=1S/C33H34Cl2N6O4.2ClH/c1-39-13-15-40(16-14-39)19-21-4-6-22(7-5-21)33(44)45-24-10-8-23(9-11-24)41-20-26(30(42)25-3-2-12-37-31(25)41)32(43)38-29-27(34)17-36-18-28(29)35;;/h2-7,12,17-18,20,23-24H,8-11,13-16,19H2,1H3,(H,36,38,43);2*1H/t23-,24-;;. The lowest BCUT2D eigenvalue weighted by Gasteiger charge is -2.32. The Balaban J connectivity index is 0.00000250. The second-order valence-corrected chi connectivity index (χ2v) is 12.5. The van der Waals surface area contributed by atoms with Crippen LogP contribution >= 0.6 is 48.0 Å². The molecule has 1 aliphatic carbocycles. The minimum Gasteiger partial charge on any atom is -0.459 e. The number of benzene rings is 1. The lowest BCUT2D eigenvalue weighted by Crippen LogP contribution is -2.43. The number of nitrogens with one attached hydrogen (secondary N) is 1. The molecule has 6 rings (SSSR count). The summed E-state index contributed by atoms with van der Waals surface area (Å²) in [5, 5.41) is 3.32. The van der Waals surface area contributed by atoms with Gasteiger partial charge in [0.25, 0.3) is 5.91 Å². The number of amides is 1. The van der Waals surface area contributed by atoms with E-state index in [0.29, 0.717) is 42.3 Å². The van der Waals surface area contributed by atoms with Crippen LogP contribution in [0.25, 0.3) is 11.0 Å². The van der Waals surface area contributed by atoms with Gasteiger partial charge in [0.05, 0.1) is 26.7 Å². The van der Waals surface area contributed by atoms with E-state index in [1.165, 1.54) is 18.0 Å². The number of likely N-dealkylation sites (N-methyl/N-ethyl adjacent to an activating group) is 1. The molecule has 0 atom stereocenters. The van der Waals surface area contributed by atoms with Crippen molar-refractivity contribution in [3.8, 4) is 0 Å². The van der Waals surface area contributed by atoms with E-state index in [1.807, 2.05) is 28.8 Å². The topological polar surface area (TPSA) is 110 Å². The Bertz CT molecular complexity index is 1750. The molecule has 1 N–H and O–H groups in total. The fraction of sp³-hybridized carbons (Fsp3) is 0.364. The van der Waals surface area contributed by atoms with Crippen LogP contribution in [0.4, 0.5) is 5.69 Å². The maximum atomic E-state index is 13.4. The number of carbonyl (C=O) groups excluding carboxylic acids is 2. The average molecular weight is 723 g/mol. The second-order valence-electron chi connectivity index (χ2n) is 11.7. The molecule has 4 aromatic rings. The number of halogens is 4. The minimum absolute atomic E-state index is 0. The summed E-state index contributed by atoms with van der Waals surface area (Å²) in [6.45, 7) is 5.08. The van der Waals surface area contributed by atoms with E-state index in [0.717, 1.165) is 32.7 Å². The van der Waals surface area contributed by atoms with Crippen LogP contribution in [0.3, 0.4) is 0 Å². The SMILES string of the molecule is CN1CCN(Cc2ccc(C(=O)O[C@H]3CC[C@H](n4cc(C(=O)Nc5c(Cl)cncc5Cl)c(=O)c5cccnc54)CC3)cc2)CC1.Cl.Cl. The highest BCUT2D eigenvalue weighted by atomic mass is 35.5. The smallest absolute Gasteiger partial charge is 0.338 e. The van der Waals surface area contributed by atoms with Crippen molar-refractivity contribution in [3.05, 3.63) is 98.1 Å². The van der Waals surface area contributed by atoms with Crippen molar-refractivity contribution in [1.82, 2.24) is 24.3 Å². The summed E-state index contributed by atoms with van der Waals surface area (Å²) in [7, 11) is 2.14. The van der Waals surface area contributed by atoms with Gasteiger partial charge in [-0.05, 0) is 62.6 Å². The Kier molecular flexibility index (Phi) is 12.6. The molecule has 3 aromatic heterocycles. The molecule has 2 aliphatic rings. The van der Waals surface area contributed by atoms with Gasteiger partial charge in [-0.25, -0.2) is 9.78 Å². The fourth-order valence-electron chi connectivity index (χ4n) is 6.01. The van der Waals surface area contributed by atoms with Gasteiger partial charge >= 0.3 is 5.97 Å². The molecule has 10 nitrogen and oxygen atoms in total. The predicted octanol–water partition coefficient (Wildman–Crippen LogP) is 6.28.